The number of hydrogen-bond donors (Lipinski definition) is 1. The van der Waals surface area contributed by atoms with Crippen LogP contribution in [0.15, 0.2) is 54.6 Å². The lowest BCUT2D eigenvalue weighted by atomic mass is 9.93. The van der Waals surface area contributed by atoms with E-state index in [1.165, 1.54) is 30.5 Å². The van der Waals surface area contributed by atoms with Crippen molar-refractivity contribution in [1.82, 2.24) is 29.6 Å². The number of rotatable bonds is 5. The van der Waals surface area contributed by atoms with Gasteiger partial charge < -0.3 is 14.6 Å². The number of ether oxygens (including phenoxy) is 1. The van der Waals surface area contributed by atoms with Gasteiger partial charge in [0.25, 0.3) is 11.7 Å². The highest BCUT2D eigenvalue weighted by Gasteiger charge is 2.30. The molecule has 1 fully saturated rings. The third-order valence-corrected chi connectivity index (χ3v) is 6.32. The second-order valence-corrected chi connectivity index (χ2v) is 8.42. The molecule has 0 spiro atoms. The first-order valence-corrected chi connectivity index (χ1v) is 12.5. The molecule has 0 aliphatic carbocycles. The summed E-state index contributed by atoms with van der Waals surface area (Å²) in [6.07, 6.45) is 5.60. The second-order valence-electron chi connectivity index (χ2n) is 8.42. The third-order valence-electron chi connectivity index (χ3n) is 6.32. The number of benzene rings is 1. The summed E-state index contributed by atoms with van der Waals surface area (Å²) in [5, 5.41) is 14.5. The molecular weight excluding hydrogens is 482 g/mol. The van der Waals surface area contributed by atoms with E-state index in [2.05, 4.69) is 26.1 Å². The van der Waals surface area contributed by atoms with Crippen molar-refractivity contribution < 1.29 is 15.8 Å². The zero-order valence-electron chi connectivity index (χ0n) is 21.9. The fourth-order valence-corrected chi connectivity index (χ4v) is 4.50. The molecule has 1 aliphatic rings. The Morgan fingerprint density at radius 2 is 1.84 bits per heavy atom. The number of nitrogens with zero attached hydrogens (tertiary/aromatic N) is 6. The van der Waals surface area contributed by atoms with E-state index in [-0.39, 0.29) is 6.99 Å². The molecule has 1 saturated heterocycles. The molecule has 1 amide bonds. The van der Waals surface area contributed by atoms with E-state index in [1.54, 1.807) is 11.8 Å². The topological polar surface area (TPSA) is 130 Å². The monoisotopic (exact) mass is 513 g/mol. The quantitative estimate of drug-likeness (QED) is 0.236. The van der Waals surface area contributed by atoms with Gasteiger partial charge in [-0.2, -0.15) is 10.4 Å². The number of H-pyrrole nitrogens is 1. The largest absolute Gasteiger partial charge is 0.494 e. The highest BCUT2D eigenvalue weighted by atomic mass is 16.5. The van der Waals surface area contributed by atoms with Crippen LogP contribution in [0.4, 0.5) is 0 Å². The van der Waals surface area contributed by atoms with Gasteiger partial charge >= 0.3 is 0 Å². The van der Waals surface area contributed by atoms with Crippen LogP contribution >= 0.6 is 0 Å². The summed E-state index contributed by atoms with van der Waals surface area (Å²) < 4.78 is 6.95. The van der Waals surface area contributed by atoms with Crippen molar-refractivity contribution in [2.75, 3.05) is 20.2 Å². The summed E-state index contributed by atoms with van der Waals surface area (Å²) in [7, 11) is 1.48. The van der Waals surface area contributed by atoms with Crippen molar-refractivity contribution in [3.8, 4) is 17.6 Å². The molecule has 10 heteroatoms. The number of aryl methyl sites for hydroxylation is 1. The van der Waals surface area contributed by atoms with Crippen molar-refractivity contribution in [3.05, 3.63) is 71.6 Å². The number of Topliss-reactive ketones (excluding diaryl/α,β-unsaturated/α-hetero) is 1. The summed E-state index contributed by atoms with van der Waals surface area (Å²) >= 11 is 0. The van der Waals surface area contributed by atoms with Gasteiger partial charge in [0.2, 0.25) is 0 Å². The fraction of sp³-hybridized carbons (Fsp3) is 0.286. The molecule has 0 saturated carbocycles. The Balaban J connectivity index is 0.00000137. The number of likely N-dealkylation sites (tertiary alicyclic amines) is 1. The average Bonchev–Trinajstić information content (AvgIpc) is 3.61. The zero-order valence-corrected chi connectivity index (χ0v) is 21.9. The summed E-state index contributed by atoms with van der Waals surface area (Å²) in [6.45, 7) is 6.49. The number of carbonyl (C=O) groups is 2. The lowest BCUT2D eigenvalue weighted by Gasteiger charge is -2.28. The van der Waals surface area contributed by atoms with Crippen LogP contribution in [0.3, 0.4) is 0 Å². The lowest BCUT2D eigenvalue weighted by Crippen LogP contribution is -2.40. The Labute approximate surface area is 222 Å². The van der Waals surface area contributed by atoms with Crippen LogP contribution in [0.1, 0.15) is 49.9 Å². The number of piperidine rings is 1. The molecule has 196 valence electrons. The summed E-state index contributed by atoms with van der Waals surface area (Å²) in [5.74, 6) is 0.153. The SMILES string of the molecule is CC.COc1cnc(-n2cnc(C)n2)c2[nH]cc(C(=O)C(=O)N3CCC(=C(C#N)c4ccccc4)CC3)c12.[HH]. The van der Waals surface area contributed by atoms with E-state index < -0.39 is 11.7 Å². The van der Waals surface area contributed by atoms with Crippen molar-refractivity contribution in [2.45, 2.75) is 33.6 Å². The second kappa shape index (κ2) is 11.5. The highest BCUT2D eigenvalue weighted by Crippen LogP contribution is 2.32. The standard InChI is InChI=1S/C26H23N7O3.C2H6.H2/c1-16-30-15-33(31-16)25-23-22(21(36-2)14-29-25)20(13-28-23)24(34)26(35)32-10-8-18(9-11-32)19(12-27)17-6-4-3-5-7-17;1-2;/h3-7,13-15,28H,8-11H2,1-2H3;1-2H3;1H. The maximum Gasteiger partial charge on any atom is 0.295 e. The van der Waals surface area contributed by atoms with Crippen molar-refractivity contribution in [3.63, 3.8) is 0 Å². The first-order valence-electron chi connectivity index (χ1n) is 12.5. The molecule has 1 N–H and O–H groups in total. The van der Waals surface area contributed by atoms with Gasteiger partial charge in [0, 0.05) is 20.7 Å². The first kappa shape index (κ1) is 26.3. The van der Waals surface area contributed by atoms with E-state index in [9.17, 15) is 14.9 Å². The average molecular weight is 514 g/mol. The minimum absolute atomic E-state index is 0. The number of ketones is 1. The van der Waals surface area contributed by atoms with Crippen molar-refractivity contribution in [1.29, 1.82) is 5.26 Å². The molecule has 10 nitrogen and oxygen atoms in total. The van der Waals surface area contributed by atoms with Crippen LogP contribution in [0.5, 0.6) is 5.75 Å². The Hall–Kier alpha value is -4.78. The van der Waals surface area contributed by atoms with Crippen LogP contribution in [-0.4, -0.2) is 61.5 Å². The number of fused-ring (bicyclic) bond motifs is 1. The van der Waals surface area contributed by atoms with Crippen LogP contribution in [-0.2, 0) is 4.79 Å². The minimum Gasteiger partial charge on any atom is -0.494 e. The van der Waals surface area contributed by atoms with Crippen LogP contribution in [0.2, 0.25) is 0 Å². The number of nitriles is 1. The molecule has 38 heavy (non-hydrogen) atoms. The van der Waals surface area contributed by atoms with E-state index >= 15 is 0 Å². The molecule has 0 unspecified atom stereocenters. The Morgan fingerprint density at radius 3 is 2.45 bits per heavy atom. The Morgan fingerprint density at radius 1 is 1.13 bits per heavy atom. The fourth-order valence-electron chi connectivity index (χ4n) is 4.50. The van der Waals surface area contributed by atoms with Gasteiger partial charge in [-0.3, -0.25) is 9.59 Å². The highest BCUT2D eigenvalue weighted by molar-refractivity contribution is 6.45. The lowest BCUT2D eigenvalue weighted by molar-refractivity contribution is -0.126. The van der Waals surface area contributed by atoms with E-state index in [1.807, 2.05) is 44.2 Å². The number of methoxy groups -OCH3 is 1. The Bertz CT molecular complexity index is 1540. The van der Waals surface area contributed by atoms with Crippen molar-refractivity contribution >= 4 is 28.2 Å². The molecule has 0 radical (unpaired) electrons. The Kier molecular flexibility index (Phi) is 7.97. The molecule has 4 aromatic rings. The third kappa shape index (κ3) is 4.91. The zero-order chi connectivity index (χ0) is 27.2. The molecule has 0 bridgehead atoms. The van der Waals surface area contributed by atoms with E-state index in [0.717, 1.165) is 11.1 Å². The molecule has 3 aromatic heterocycles. The number of amides is 1. The summed E-state index contributed by atoms with van der Waals surface area (Å²) in [4.78, 5) is 39.7. The van der Waals surface area contributed by atoms with Gasteiger partial charge in [-0.25, -0.2) is 14.6 Å². The summed E-state index contributed by atoms with van der Waals surface area (Å²) in [5.41, 5.74) is 3.21. The normalized spacial score (nSPS) is 12.9. The summed E-state index contributed by atoms with van der Waals surface area (Å²) in [6, 6.07) is 11.8. The van der Waals surface area contributed by atoms with Gasteiger partial charge in [0.05, 0.1) is 41.4 Å². The number of aromatic amines is 1. The van der Waals surface area contributed by atoms with Crippen molar-refractivity contribution in [2.24, 2.45) is 0 Å². The van der Waals surface area contributed by atoms with Crippen LogP contribution < -0.4 is 4.74 Å². The molecule has 4 heterocycles. The maximum atomic E-state index is 13.3. The van der Waals surface area contributed by atoms with Gasteiger partial charge in [0.1, 0.15) is 17.9 Å². The first-order chi connectivity index (χ1) is 18.5. The molecule has 1 aromatic carbocycles. The minimum atomic E-state index is -0.637. The molecule has 0 atom stereocenters. The molecule has 1 aliphatic heterocycles. The number of allylic oxidation sites excluding steroid dienone is 1. The number of pyridine rings is 1. The smallest absolute Gasteiger partial charge is 0.295 e. The van der Waals surface area contributed by atoms with Gasteiger partial charge in [-0.1, -0.05) is 44.2 Å². The predicted molar refractivity (Wildman–Crippen MR) is 145 cm³/mol. The van der Waals surface area contributed by atoms with Gasteiger partial charge in [-0.15, -0.1) is 0 Å². The van der Waals surface area contributed by atoms with Gasteiger partial charge in [0.15, 0.2) is 5.82 Å². The number of aromatic nitrogens is 5. The molecular formula is C28H31N7O3. The van der Waals surface area contributed by atoms with Crippen LogP contribution in [0.25, 0.3) is 22.3 Å². The molecule has 5 rings (SSSR count). The number of carbonyl (C=O) groups excluding carboxylic acids is 2. The van der Waals surface area contributed by atoms with Crippen LogP contribution in [0, 0.1) is 18.3 Å². The maximum absolute atomic E-state index is 13.3. The number of nitrogens with one attached hydrogen (secondary N) is 1. The van der Waals surface area contributed by atoms with Gasteiger partial charge in [-0.05, 0) is 30.9 Å². The van der Waals surface area contributed by atoms with E-state index in [0.29, 0.717) is 59.8 Å². The predicted octanol–water partition coefficient (Wildman–Crippen LogP) is 4.52. The van der Waals surface area contributed by atoms with E-state index in [4.69, 9.17) is 4.74 Å². The number of hydrogen-bond acceptors (Lipinski definition) is 7.